The van der Waals surface area contributed by atoms with Gasteiger partial charge in [-0.05, 0) is 62.4 Å². The second-order valence-electron chi connectivity index (χ2n) is 5.09. The van der Waals surface area contributed by atoms with Crippen LogP contribution in [0, 0.1) is 0 Å². The molecule has 0 saturated carbocycles. The maximum absolute atomic E-state index is 9.57. The van der Waals surface area contributed by atoms with Crippen molar-refractivity contribution in [2.24, 2.45) is 0 Å². The first-order chi connectivity index (χ1) is 7.84. The van der Waals surface area contributed by atoms with Gasteiger partial charge >= 0.3 is 0 Å². The third-order valence-corrected chi connectivity index (χ3v) is 4.14. The standard InChI is InChI=1S/C14H19NO/c16-12-5-1-4-11(10-12)13-6-2-8-15-9-3-7-14(13)15/h1,4-5,10,13-14,16H,2-3,6-9H2/t13-,14-/m0/s1. The van der Waals surface area contributed by atoms with Crippen molar-refractivity contribution < 1.29 is 5.11 Å². The lowest BCUT2D eigenvalue weighted by atomic mass is 9.83. The van der Waals surface area contributed by atoms with Crippen molar-refractivity contribution in [3.8, 4) is 5.75 Å². The van der Waals surface area contributed by atoms with Crippen LogP contribution < -0.4 is 0 Å². The largest absolute Gasteiger partial charge is 0.508 e. The van der Waals surface area contributed by atoms with Crippen LogP contribution in [0.3, 0.4) is 0 Å². The SMILES string of the molecule is Oc1cccc([C@@H]2CCCN3CCC[C@@H]23)c1. The number of phenols is 1. The first-order valence-electron chi connectivity index (χ1n) is 6.37. The molecule has 0 unspecified atom stereocenters. The van der Waals surface area contributed by atoms with E-state index in [2.05, 4.69) is 11.0 Å². The molecule has 0 spiro atoms. The zero-order valence-corrected chi connectivity index (χ0v) is 9.60. The molecular formula is C14H19NO. The number of aromatic hydroxyl groups is 1. The third kappa shape index (κ3) is 1.71. The maximum atomic E-state index is 9.57. The topological polar surface area (TPSA) is 23.5 Å². The molecule has 0 radical (unpaired) electrons. The molecule has 2 aliphatic heterocycles. The van der Waals surface area contributed by atoms with Crippen LogP contribution in [0.5, 0.6) is 5.75 Å². The zero-order valence-electron chi connectivity index (χ0n) is 9.60. The van der Waals surface area contributed by atoms with E-state index in [1.165, 1.54) is 44.3 Å². The second kappa shape index (κ2) is 4.10. The number of piperidine rings is 1. The van der Waals surface area contributed by atoms with E-state index in [1.807, 2.05) is 12.1 Å². The lowest BCUT2D eigenvalue weighted by Gasteiger charge is -2.37. The minimum atomic E-state index is 0.410. The molecule has 2 saturated heterocycles. The lowest BCUT2D eigenvalue weighted by molar-refractivity contribution is 0.172. The third-order valence-electron chi connectivity index (χ3n) is 4.14. The summed E-state index contributed by atoms with van der Waals surface area (Å²) in [4.78, 5) is 2.64. The smallest absolute Gasteiger partial charge is 0.115 e. The highest BCUT2D eigenvalue weighted by atomic mass is 16.3. The van der Waals surface area contributed by atoms with Gasteiger partial charge < -0.3 is 5.11 Å². The van der Waals surface area contributed by atoms with Gasteiger partial charge in [0.25, 0.3) is 0 Å². The number of hydrogen-bond donors (Lipinski definition) is 1. The fraction of sp³-hybridized carbons (Fsp3) is 0.571. The number of benzene rings is 1. The highest BCUT2D eigenvalue weighted by Gasteiger charge is 2.35. The summed E-state index contributed by atoms with van der Waals surface area (Å²) >= 11 is 0. The van der Waals surface area contributed by atoms with Crippen molar-refractivity contribution >= 4 is 0 Å². The fourth-order valence-corrected chi connectivity index (χ4v) is 3.44. The fourth-order valence-electron chi connectivity index (χ4n) is 3.44. The molecule has 86 valence electrons. The van der Waals surface area contributed by atoms with Gasteiger partial charge in [0.15, 0.2) is 0 Å². The van der Waals surface area contributed by atoms with Gasteiger partial charge in [0.2, 0.25) is 0 Å². The Bertz CT molecular complexity index is 377. The number of fused-ring (bicyclic) bond motifs is 1. The highest BCUT2D eigenvalue weighted by molar-refractivity contribution is 5.31. The summed E-state index contributed by atoms with van der Waals surface area (Å²) in [6, 6.07) is 8.59. The van der Waals surface area contributed by atoms with Crippen molar-refractivity contribution in [1.82, 2.24) is 4.90 Å². The van der Waals surface area contributed by atoms with Gasteiger partial charge in [-0.1, -0.05) is 12.1 Å². The molecule has 0 amide bonds. The van der Waals surface area contributed by atoms with Crippen LogP contribution in [0.15, 0.2) is 24.3 Å². The van der Waals surface area contributed by atoms with Crippen LogP contribution >= 0.6 is 0 Å². The first kappa shape index (κ1) is 10.2. The van der Waals surface area contributed by atoms with Crippen molar-refractivity contribution in [1.29, 1.82) is 0 Å². The summed E-state index contributed by atoms with van der Waals surface area (Å²) < 4.78 is 0. The van der Waals surface area contributed by atoms with Crippen molar-refractivity contribution in [3.05, 3.63) is 29.8 Å². The van der Waals surface area contributed by atoms with Gasteiger partial charge in [0.05, 0.1) is 0 Å². The summed E-state index contributed by atoms with van der Waals surface area (Å²) in [6.45, 7) is 2.56. The summed E-state index contributed by atoms with van der Waals surface area (Å²) in [7, 11) is 0. The van der Waals surface area contributed by atoms with Crippen molar-refractivity contribution in [2.75, 3.05) is 13.1 Å². The molecule has 1 aromatic carbocycles. The molecule has 0 bridgehead atoms. The summed E-state index contributed by atoms with van der Waals surface area (Å²) in [6.07, 6.45) is 5.27. The van der Waals surface area contributed by atoms with Gasteiger partial charge in [0.1, 0.15) is 5.75 Å². The Hall–Kier alpha value is -1.02. The normalized spacial score (nSPS) is 30.2. The number of phenolic OH excluding ortho intramolecular Hbond substituents is 1. The van der Waals surface area contributed by atoms with Crippen LogP contribution in [-0.4, -0.2) is 29.1 Å². The van der Waals surface area contributed by atoms with E-state index in [1.54, 1.807) is 6.07 Å². The Labute approximate surface area is 96.9 Å². The molecule has 2 fully saturated rings. The van der Waals surface area contributed by atoms with Crippen LogP contribution in [0.2, 0.25) is 0 Å². The van der Waals surface area contributed by atoms with E-state index >= 15 is 0 Å². The van der Waals surface area contributed by atoms with Crippen molar-refractivity contribution in [2.45, 2.75) is 37.6 Å². The minimum Gasteiger partial charge on any atom is -0.508 e. The van der Waals surface area contributed by atoms with E-state index in [9.17, 15) is 5.11 Å². The molecule has 2 heteroatoms. The van der Waals surface area contributed by atoms with Gasteiger partial charge in [-0.3, -0.25) is 4.90 Å². The number of rotatable bonds is 1. The molecule has 2 heterocycles. The molecule has 16 heavy (non-hydrogen) atoms. The van der Waals surface area contributed by atoms with Gasteiger partial charge in [-0.2, -0.15) is 0 Å². The van der Waals surface area contributed by atoms with Gasteiger partial charge in [-0.25, -0.2) is 0 Å². The zero-order chi connectivity index (χ0) is 11.0. The molecule has 2 aliphatic rings. The van der Waals surface area contributed by atoms with E-state index in [-0.39, 0.29) is 0 Å². The quantitative estimate of drug-likeness (QED) is 0.782. The average Bonchev–Trinajstić information content (AvgIpc) is 2.76. The Morgan fingerprint density at radius 1 is 1.12 bits per heavy atom. The Morgan fingerprint density at radius 2 is 1.94 bits per heavy atom. The average molecular weight is 217 g/mol. The molecule has 1 N–H and O–H groups in total. The summed E-state index contributed by atoms with van der Waals surface area (Å²) in [5, 5.41) is 9.57. The second-order valence-corrected chi connectivity index (χ2v) is 5.09. The van der Waals surface area contributed by atoms with E-state index in [0.29, 0.717) is 11.7 Å². The monoisotopic (exact) mass is 217 g/mol. The minimum absolute atomic E-state index is 0.410. The van der Waals surface area contributed by atoms with E-state index < -0.39 is 0 Å². The molecule has 1 aromatic rings. The van der Waals surface area contributed by atoms with Gasteiger partial charge in [-0.15, -0.1) is 0 Å². The predicted octanol–water partition coefficient (Wildman–Crippen LogP) is 2.73. The predicted molar refractivity (Wildman–Crippen MR) is 64.7 cm³/mol. The van der Waals surface area contributed by atoms with E-state index in [0.717, 1.165) is 6.04 Å². The summed E-state index contributed by atoms with van der Waals surface area (Å²) in [5.74, 6) is 1.05. The van der Waals surface area contributed by atoms with Crippen LogP contribution in [0.1, 0.15) is 37.2 Å². The lowest BCUT2D eigenvalue weighted by Crippen LogP contribution is -2.39. The Balaban J connectivity index is 1.88. The number of nitrogens with zero attached hydrogens (tertiary/aromatic N) is 1. The van der Waals surface area contributed by atoms with Crippen LogP contribution in [-0.2, 0) is 0 Å². The highest BCUT2D eigenvalue weighted by Crippen LogP contribution is 2.38. The molecule has 2 nitrogen and oxygen atoms in total. The molecule has 3 rings (SSSR count). The van der Waals surface area contributed by atoms with E-state index in [4.69, 9.17) is 0 Å². The Morgan fingerprint density at radius 3 is 2.75 bits per heavy atom. The summed E-state index contributed by atoms with van der Waals surface area (Å²) in [5.41, 5.74) is 1.33. The molecule has 0 aromatic heterocycles. The number of hydrogen-bond acceptors (Lipinski definition) is 2. The molecule has 0 aliphatic carbocycles. The first-order valence-corrected chi connectivity index (χ1v) is 6.37. The van der Waals surface area contributed by atoms with Crippen LogP contribution in [0.4, 0.5) is 0 Å². The molecular weight excluding hydrogens is 198 g/mol. The maximum Gasteiger partial charge on any atom is 0.115 e. The molecule has 2 atom stereocenters. The van der Waals surface area contributed by atoms with Crippen LogP contribution in [0.25, 0.3) is 0 Å². The van der Waals surface area contributed by atoms with Gasteiger partial charge in [0, 0.05) is 6.04 Å². The Kier molecular flexibility index (Phi) is 2.60. The van der Waals surface area contributed by atoms with Crippen molar-refractivity contribution in [3.63, 3.8) is 0 Å².